The summed E-state index contributed by atoms with van der Waals surface area (Å²) in [5.41, 5.74) is 6.76. The summed E-state index contributed by atoms with van der Waals surface area (Å²) in [6.07, 6.45) is 1.39. The van der Waals surface area contributed by atoms with Crippen LogP contribution in [0.4, 0.5) is 0 Å². The summed E-state index contributed by atoms with van der Waals surface area (Å²) >= 11 is 3.45. The van der Waals surface area contributed by atoms with Gasteiger partial charge in [-0.15, -0.1) is 0 Å². The highest BCUT2D eigenvalue weighted by atomic mass is 79.9. The molecule has 0 radical (unpaired) electrons. The van der Waals surface area contributed by atoms with Crippen LogP contribution in [0.15, 0.2) is 33.4 Å². The Morgan fingerprint density at radius 3 is 2.55 bits per heavy atom. The van der Waals surface area contributed by atoms with Crippen molar-refractivity contribution in [3.8, 4) is 11.5 Å². The molecular weight excluding hydrogens is 352 g/mol. The lowest BCUT2D eigenvalue weighted by Crippen LogP contribution is -2.22. The Balaban J connectivity index is 2.09. The number of amides is 1. The molecule has 6 nitrogen and oxygen atoms in total. The summed E-state index contributed by atoms with van der Waals surface area (Å²) in [7, 11) is 3.13. The van der Waals surface area contributed by atoms with Gasteiger partial charge in [-0.1, -0.05) is 15.9 Å². The number of hydrogen-bond donors (Lipinski definition) is 2. The molecule has 0 saturated carbocycles. The SMILES string of the molecule is COc1cc(Br)c(CNC(=O)c2coc(CN)c2)cc1OC. The van der Waals surface area contributed by atoms with Crippen LogP contribution in [0.2, 0.25) is 0 Å². The van der Waals surface area contributed by atoms with E-state index in [1.807, 2.05) is 6.07 Å². The van der Waals surface area contributed by atoms with E-state index in [0.29, 0.717) is 29.4 Å². The lowest BCUT2D eigenvalue weighted by atomic mass is 10.2. The Bertz CT molecular complexity index is 670. The van der Waals surface area contributed by atoms with Gasteiger partial charge in [0.25, 0.3) is 5.91 Å². The van der Waals surface area contributed by atoms with E-state index in [4.69, 9.17) is 19.6 Å². The van der Waals surface area contributed by atoms with Crippen LogP contribution in [-0.2, 0) is 13.1 Å². The van der Waals surface area contributed by atoms with Crippen molar-refractivity contribution in [3.05, 3.63) is 45.8 Å². The molecule has 0 fully saturated rings. The first-order chi connectivity index (χ1) is 10.6. The molecule has 1 aromatic heterocycles. The van der Waals surface area contributed by atoms with Gasteiger partial charge in [0.05, 0.1) is 26.3 Å². The smallest absolute Gasteiger partial charge is 0.254 e. The summed E-state index contributed by atoms with van der Waals surface area (Å²) in [6, 6.07) is 5.23. The average molecular weight is 369 g/mol. The predicted octanol–water partition coefficient (Wildman–Crippen LogP) is 2.45. The van der Waals surface area contributed by atoms with E-state index in [9.17, 15) is 4.79 Å². The number of rotatable bonds is 6. The quantitative estimate of drug-likeness (QED) is 0.817. The van der Waals surface area contributed by atoms with E-state index in [1.54, 1.807) is 26.4 Å². The van der Waals surface area contributed by atoms with Gasteiger partial charge in [-0.3, -0.25) is 4.79 Å². The molecule has 2 aromatic rings. The van der Waals surface area contributed by atoms with Crippen LogP contribution in [0.5, 0.6) is 11.5 Å². The predicted molar refractivity (Wildman–Crippen MR) is 85.0 cm³/mol. The Morgan fingerprint density at radius 2 is 1.95 bits per heavy atom. The van der Waals surface area contributed by atoms with Crippen molar-refractivity contribution in [1.29, 1.82) is 0 Å². The molecule has 0 unspecified atom stereocenters. The summed E-state index contributed by atoms with van der Waals surface area (Å²) in [5.74, 6) is 1.55. The van der Waals surface area contributed by atoms with Crippen molar-refractivity contribution in [1.82, 2.24) is 5.32 Å². The fourth-order valence-electron chi connectivity index (χ4n) is 1.92. The molecule has 0 aliphatic rings. The van der Waals surface area contributed by atoms with Gasteiger partial charge >= 0.3 is 0 Å². The number of halogens is 1. The van der Waals surface area contributed by atoms with Gasteiger partial charge in [0.15, 0.2) is 11.5 Å². The minimum atomic E-state index is -0.231. The Hall–Kier alpha value is -1.99. The molecule has 0 bridgehead atoms. The first-order valence-corrected chi connectivity index (χ1v) is 7.34. The summed E-state index contributed by atoms with van der Waals surface area (Å²) < 4.78 is 16.4. The second kappa shape index (κ2) is 7.33. The molecule has 118 valence electrons. The highest BCUT2D eigenvalue weighted by molar-refractivity contribution is 9.10. The first-order valence-electron chi connectivity index (χ1n) is 6.55. The number of nitrogens with two attached hydrogens (primary N) is 1. The van der Waals surface area contributed by atoms with Gasteiger partial charge in [0.2, 0.25) is 0 Å². The maximum Gasteiger partial charge on any atom is 0.254 e. The van der Waals surface area contributed by atoms with Crippen LogP contribution in [-0.4, -0.2) is 20.1 Å². The summed E-state index contributed by atoms with van der Waals surface area (Å²) in [6.45, 7) is 0.595. The molecule has 22 heavy (non-hydrogen) atoms. The molecule has 2 rings (SSSR count). The second-order valence-electron chi connectivity index (χ2n) is 4.49. The molecule has 0 aliphatic carbocycles. The maximum absolute atomic E-state index is 12.1. The van der Waals surface area contributed by atoms with Gasteiger partial charge in [-0.05, 0) is 23.8 Å². The van der Waals surface area contributed by atoms with Gasteiger partial charge < -0.3 is 24.9 Å². The number of nitrogens with one attached hydrogen (secondary N) is 1. The van der Waals surface area contributed by atoms with Gasteiger partial charge in [0, 0.05) is 11.0 Å². The Morgan fingerprint density at radius 1 is 1.27 bits per heavy atom. The monoisotopic (exact) mass is 368 g/mol. The van der Waals surface area contributed by atoms with E-state index < -0.39 is 0 Å². The molecule has 0 spiro atoms. The first kappa shape index (κ1) is 16.4. The third-order valence-electron chi connectivity index (χ3n) is 3.11. The molecule has 0 atom stereocenters. The third kappa shape index (κ3) is 3.61. The van der Waals surface area contributed by atoms with Gasteiger partial charge in [0.1, 0.15) is 12.0 Å². The fraction of sp³-hybridized carbons (Fsp3) is 0.267. The highest BCUT2D eigenvalue weighted by Crippen LogP contribution is 2.33. The van der Waals surface area contributed by atoms with E-state index in [0.717, 1.165) is 10.0 Å². The molecule has 1 aromatic carbocycles. The van der Waals surface area contributed by atoms with E-state index >= 15 is 0 Å². The Kier molecular flexibility index (Phi) is 5.46. The summed E-state index contributed by atoms with van der Waals surface area (Å²) in [5, 5.41) is 2.82. The normalized spacial score (nSPS) is 10.4. The highest BCUT2D eigenvalue weighted by Gasteiger charge is 2.13. The molecule has 1 amide bonds. The lowest BCUT2D eigenvalue weighted by molar-refractivity contribution is 0.0950. The van der Waals surface area contributed by atoms with Crippen LogP contribution in [0.3, 0.4) is 0 Å². The van der Waals surface area contributed by atoms with Crippen LogP contribution in [0.25, 0.3) is 0 Å². The molecule has 3 N–H and O–H groups in total. The molecule has 0 saturated heterocycles. The lowest BCUT2D eigenvalue weighted by Gasteiger charge is -2.12. The van der Waals surface area contributed by atoms with E-state index in [2.05, 4.69) is 21.2 Å². The molecule has 0 aliphatic heterocycles. The molecular formula is C15H17BrN2O4. The molecule has 7 heteroatoms. The van der Waals surface area contributed by atoms with Gasteiger partial charge in [-0.25, -0.2) is 0 Å². The Labute approximate surface area is 136 Å². The fourth-order valence-corrected chi connectivity index (χ4v) is 2.38. The molecule has 1 heterocycles. The number of benzene rings is 1. The van der Waals surface area contributed by atoms with Crippen molar-refractivity contribution in [2.75, 3.05) is 14.2 Å². The van der Waals surface area contributed by atoms with E-state index in [1.165, 1.54) is 6.26 Å². The number of hydrogen-bond acceptors (Lipinski definition) is 5. The minimum absolute atomic E-state index is 0.231. The zero-order valence-electron chi connectivity index (χ0n) is 12.3. The zero-order valence-corrected chi connectivity index (χ0v) is 13.9. The minimum Gasteiger partial charge on any atom is -0.493 e. The number of ether oxygens (including phenoxy) is 2. The van der Waals surface area contributed by atoms with Crippen LogP contribution in [0.1, 0.15) is 21.7 Å². The third-order valence-corrected chi connectivity index (χ3v) is 3.85. The van der Waals surface area contributed by atoms with Crippen molar-refractivity contribution in [2.45, 2.75) is 13.1 Å². The largest absolute Gasteiger partial charge is 0.493 e. The zero-order chi connectivity index (χ0) is 16.1. The maximum atomic E-state index is 12.1. The van der Waals surface area contributed by atoms with Crippen LogP contribution < -0.4 is 20.5 Å². The standard InChI is InChI=1S/C15H17BrN2O4/c1-20-13-4-9(12(16)5-14(13)21-2)7-18-15(19)10-3-11(6-17)22-8-10/h3-5,8H,6-7,17H2,1-2H3,(H,18,19). The van der Waals surface area contributed by atoms with Crippen molar-refractivity contribution >= 4 is 21.8 Å². The second-order valence-corrected chi connectivity index (χ2v) is 5.34. The summed E-state index contributed by atoms with van der Waals surface area (Å²) in [4.78, 5) is 12.1. The van der Waals surface area contributed by atoms with Crippen molar-refractivity contribution < 1.29 is 18.7 Å². The number of furan rings is 1. The number of methoxy groups -OCH3 is 2. The van der Waals surface area contributed by atoms with Gasteiger partial charge in [-0.2, -0.15) is 0 Å². The topological polar surface area (TPSA) is 86.7 Å². The average Bonchev–Trinajstić information content (AvgIpc) is 3.02. The van der Waals surface area contributed by atoms with Crippen LogP contribution >= 0.6 is 15.9 Å². The van der Waals surface area contributed by atoms with Crippen LogP contribution in [0, 0.1) is 0 Å². The van der Waals surface area contributed by atoms with E-state index in [-0.39, 0.29) is 12.5 Å². The van der Waals surface area contributed by atoms with Crippen molar-refractivity contribution in [2.24, 2.45) is 5.73 Å². The number of carbonyl (C=O) groups is 1. The number of carbonyl (C=O) groups excluding carboxylic acids is 1. The van der Waals surface area contributed by atoms with Crippen molar-refractivity contribution in [3.63, 3.8) is 0 Å².